The number of rotatable bonds is 3. The van der Waals surface area contributed by atoms with Crippen molar-refractivity contribution >= 4 is 0 Å². The molecule has 1 fully saturated rings. The lowest BCUT2D eigenvalue weighted by Gasteiger charge is -2.20. The molecule has 1 aromatic heterocycles. The molecule has 4 heteroatoms. The average molecular weight is 271 g/mol. The van der Waals surface area contributed by atoms with Crippen molar-refractivity contribution < 1.29 is 4.52 Å². The Balaban J connectivity index is 1.90. The molecule has 3 rings (SSSR count). The third kappa shape index (κ3) is 2.24. The van der Waals surface area contributed by atoms with E-state index in [2.05, 4.69) is 48.4 Å². The Hall–Kier alpha value is -1.68. The summed E-state index contributed by atoms with van der Waals surface area (Å²) < 4.78 is 5.50. The van der Waals surface area contributed by atoms with Crippen LogP contribution in [0.2, 0.25) is 0 Å². The monoisotopic (exact) mass is 271 g/mol. The molecule has 0 bridgehead atoms. The lowest BCUT2D eigenvalue weighted by Crippen LogP contribution is -2.21. The van der Waals surface area contributed by atoms with Gasteiger partial charge in [-0.05, 0) is 38.3 Å². The van der Waals surface area contributed by atoms with Crippen molar-refractivity contribution in [1.82, 2.24) is 15.5 Å². The Labute approximate surface area is 119 Å². The average Bonchev–Trinajstić information content (AvgIpc) is 3.08. The standard InChI is InChI=1S/C16H21N3O/c1-11-9-10-17-13(11)14-18-15(19-20-14)16(2,3)12-7-5-4-6-8-12/h4-8,11,13,17H,9-10H2,1-3H3. The fourth-order valence-electron chi connectivity index (χ4n) is 2.76. The van der Waals surface area contributed by atoms with Crippen molar-refractivity contribution in [2.45, 2.75) is 38.6 Å². The van der Waals surface area contributed by atoms with Crippen molar-refractivity contribution in [2.75, 3.05) is 6.54 Å². The lowest BCUT2D eigenvalue weighted by atomic mass is 9.84. The molecule has 2 aromatic rings. The number of benzene rings is 1. The van der Waals surface area contributed by atoms with Gasteiger partial charge in [-0.2, -0.15) is 4.98 Å². The molecule has 106 valence electrons. The van der Waals surface area contributed by atoms with Crippen LogP contribution in [0.25, 0.3) is 0 Å². The highest BCUT2D eigenvalue weighted by molar-refractivity contribution is 5.30. The first kappa shape index (κ1) is 13.3. The zero-order chi connectivity index (χ0) is 14.2. The third-order valence-corrected chi connectivity index (χ3v) is 4.30. The zero-order valence-electron chi connectivity index (χ0n) is 12.3. The minimum absolute atomic E-state index is 0.197. The van der Waals surface area contributed by atoms with Crippen LogP contribution < -0.4 is 5.32 Å². The fraction of sp³-hybridized carbons (Fsp3) is 0.500. The van der Waals surface area contributed by atoms with E-state index in [0.29, 0.717) is 11.8 Å². The topological polar surface area (TPSA) is 51.0 Å². The van der Waals surface area contributed by atoms with Crippen LogP contribution in [-0.2, 0) is 5.41 Å². The maximum atomic E-state index is 5.50. The molecule has 2 heterocycles. The first-order chi connectivity index (χ1) is 9.59. The third-order valence-electron chi connectivity index (χ3n) is 4.30. The van der Waals surface area contributed by atoms with Crippen LogP contribution >= 0.6 is 0 Å². The van der Waals surface area contributed by atoms with E-state index in [1.54, 1.807) is 0 Å². The maximum absolute atomic E-state index is 5.50. The van der Waals surface area contributed by atoms with Gasteiger partial charge in [-0.25, -0.2) is 0 Å². The van der Waals surface area contributed by atoms with Crippen molar-refractivity contribution in [1.29, 1.82) is 0 Å². The van der Waals surface area contributed by atoms with Crippen LogP contribution in [-0.4, -0.2) is 16.7 Å². The molecule has 4 nitrogen and oxygen atoms in total. The number of nitrogens with one attached hydrogen (secondary N) is 1. The van der Waals surface area contributed by atoms with Gasteiger partial charge in [0.2, 0.25) is 5.89 Å². The second-order valence-electron chi connectivity index (χ2n) is 6.15. The molecule has 0 aliphatic carbocycles. The van der Waals surface area contributed by atoms with E-state index in [1.807, 2.05) is 18.2 Å². The molecule has 20 heavy (non-hydrogen) atoms. The predicted octanol–water partition coefficient (Wildman–Crippen LogP) is 3.07. The summed E-state index contributed by atoms with van der Waals surface area (Å²) in [6.07, 6.45) is 1.16. The van der Waals surface area contributed by atoms with E-state index in [1.165, 1.54) is 5.56 Å². The Morgan fingerprint density at radius 1 is 1.25 bits per heavy atom. The molecule has 1 aliphatic heterocycles. The Morgan fingerprint density at radius 3 is 2.65 bits per heavy atom. The van der Waals surface area contributed by atoms with E-state index >= 15 is 0 Å². The molecule has 0 radical (unpaired) electrons. The maximum Gasteiger partial charge on any atom is 0.244 e. The summed E-state index contributed by atoms with van der Waals surface area (Å²) in [6, 6.07) is 10.5. The number of nitrogens with zero attached hydrogens (tertiary/aromatic N) is 2. The number of hydrogen-bond acceptors (Lipinski definition) is 4. The summed E-state index contributed by atoms with van der Waals surface area (Å²) in [5.74, 6) is 2.01. The van der Waals surface area contributed by atoms with Crippen LogP contribution in [0, 0.1) is 5.92 Å². The molecule has 0 amide bonds. The molecule has 1 aliphatic rings. The van der Waals surface area contributed by atoms with Crippen molar-refractivity contribution in [3.63, 3.8) is 0 Å². The van der Waals surface area contributed by atoms with Crippen molar-refractivity contribution in [3.8, 4) is 0 Å². The Kier molecular flexibility index (Phi) is 3.34. The van der Waals surface area contributed by atoms with Crippen LogP contribution in [0.5, 0.6) is 0 Å². The minimum Gasteiger partial charge on any atom is -0.338 e. The van der Waals surface area contributed by atoms with Crippen LogP contribution in [0.1, 0.15) is 50.5 Å². The van der Waals surface area contributed by atoms with Gasteiger partial charge >= 0.3 is 0 Å². The van der Waals surface area contributed by atoms with Gasteiger partial charge in [0.05, 0.1) is 11.5 Å². The van der Waals surface area contributed by atoms with Gasteiger partial charge in [-0.1, -0.05) is 42.4 Å². The van der Waals surface area contributed by atoms with E-state index < -0.39 is 0 Å². The summed E-state index contributed by atoms with van der Waals surface area (Å²) in [6.45, 7) is 7.49. The molecule has 1 aromatic carbocycles. The van der Waals surface area contributed by atoms with Gasteiger partial charge in [0.15, 0.2) is 5.82 Å². The Bertz CT molecular complexity index is 576. The number of aromatic nitrogens is 2. The summed E-state index contributed by atoms with van der Waals surface area (Å²) in [7, 11) is 0. The molecule has 0 spiro atoms. The summed E-state index contributed by atoms with van der Waals surface area (Å²) in [4.78, 5) is 4.65. The van der Waals surface area contributed by atoms with E-state index in [0.717, 1.165) is 18.8 Å². The number of hydrogen-bond donors (Lipinski definition) is 1. The highest BCUT2D eigenvalue weighted by Gasteiger charge is 2.33. The highest BCUT2D eigenvalue weighted by atomic mass is 16.5. The van der Waals surface area contributed by atoms with Gasteiger partial charge in [0.25, 0.3) is 0 Å². The molecule has 1 N–H and O–H groups in total. The van der Waals surface area contributed by atoms with E-state index in [-0.39, 0.29) is 11.5 Å². The molecular formula is C16H21N3O. The van der Waals surface area contributed by atoms with Gasteiger partial charge in [-0.3, -0.25) is 0 Å². The van der Waals surface area contributed by atoms with Crippen LogP contribution in [0.3, 0.4) is 0 Å². The van der Waals surface area contributed by atoms with E-state index in [4.69, 9.17) is 4.52 Å². The molecular weight excluding hydrogens is 250 g/mol. The smallest absolute Gasteiger partial charge is 0.244 e. The van der Waals surface area contributed by atoms with Gasteiger partial charge in [-0.15, -0.1) is 0 Å². The molecule has 2 atom stereocenters. The normalized spacial score (nSPS) is 23.1. The minimum atomic E-state index is -0.245. The lowest BCUT2D eigenvalue weighted by molar-refractivity contribution is 0.314. The van der Waals surface area contributed by atoms with Crippen molar-refractivity contribution in [2.24, 2.45) is 5.92 Å². The van der Waals surface area contributed by atoms with Crippen LogP contribution in [0.4, 0.5) is 0 Å². The largest absolute Gasteiger partial charge is 0.338 e. The summed E-state index contributed by atoms with van der Waals surface area (Å²) in [5, 5.41) is 7.65. The van der Waals surface area contributed by atoms with Gasteiger partial charge in [0, 0.05) is 0 Å². The Morgan fingerprint density at radius 2 is 2.00 bits per heavy atom. The fourth-order valence-corrected chi connectivity index (χ4v) is 2.76. The predicted molar refractivity (Wildman–Crippen MR) is 77.4 cm³/mol. The first-order valence-corrected chi connectivity index (χ1v) is 7.22. The zero-order valence-corrected chi connectivity index (χ0v) is 12.3. The molecule has 1 saturated heterocycles. The first-order valence-electron chi connectivity index (χ1n) is 7.22. The SMILES string of the molecule is CC1CCNC1c1nc(C(C)(C)c2ccccc2)no1. The highest BCUT2D eigenvalue weighted by Crippen LogP contribution is 2.32. The van der Waals surface area contributed by atoms with E-state index in [9.17, 15) is 0 Å². The second-order valence-corrected chi connectivity index (χ2v) is 6.15. The van der Waals surface area contributed by atoms with Gasteiger partial charge < -0.3 is 9.84 Å². The molecule has 0 saturated carbocycles. The van der Waals surface area contributed by atoms with Crippen molar-refractivity contribution in [3.05, 3.63) is 47.6 Å². The second kappa shape index (κ2) is 5.02. The van der Waals surface area contributed by atoms with Crippen LogP contribution in [0.15, 0.2) is 34.9 Å². The molecule has 2 unspecified atom stereocenters. The quantitative estimate of drug-likeness (QED) is 0.932. The summed E-state index contributed by atoms with van der Waals surface area (Å²) >= 11 is 0. The van der Waals surface area contributed by atoms with Gasteiger partial charge in [0.1, 0.15) is 0 Å². The summed E-state index contributed by atoms with van der Waals surface area (Å²) in [5.41, 5.74) is 0.949.